The molecule has 0 saturated carbocycles. The summed E-state index contributed by atoms with van der Waals surface area (Å²) in [4.78, 5) is 9.92. The summed E-state index contributed by atoms with van der Waals surface area (Å²) >= 11 is 5.40. The van der Waals surface area contributed by atoms with Gasteiger partial charge < -0.3 is 5.11 Å². The van der Waals surface area contributed by atoms with Gasteiger partial charge in [-0.3, -0.25) is 4.79 Å². The van der Waals surface area contributed by atoms with Gasteiger partial charge in [0.15, 0.2) is 0 Å². The van der Waals surface area contributed by atoms with E-state index in [0.717, 1.165) is 0 Å². The molecule has 9 heavy (non-hydrogen) atoms. The molecule has 0 fully saturated rings. The molecule has 0 spiro atoms. The Morgan fingerprint density at radius 3 is 2.67 bits per heavy atom. The molecule has 0 aliphatic heterocycles. The van der Waals surface area contributed by atoms with Gasteiger partial charge in [0.05, 0.1) is 0 Å². The van der Waals surface area contributed by atoms with Crippen LogP contribution in [0.25, 0.3) is 0 Å². The standard InChI is InChI=1S/C5H10ClNO2/c1-7(6)4-2-3-5(8)9/h2-4H2,1H3,(H,8,9). The van der Waals surface area contributed by atoms with Crippen LogP contribution in [-0.2, 0) is 4.79 Å². The Balaban J connectivity index is 3.01. The van der Waals surface area contributed by atoms with Gasteiger partial charge in [-0.25, -0.2) is 4.42 Å². The quantitative estimate of drug-likeness (QED) is 0.608. The summed E-state index contributed by atoms with van der Waals surface area (Å²) in [5.41, 5.74) is 0. The smallest absolute Gasteiger partial charge is 0.303 e. The lowest BCUT2D eigenvalue weighted by molar-refractivity contribution is -0.137. The molecule has 54 valence electrons. The van der Waals surface area contributed by atoms with Gasteiger partial charge in [-0.15, -0.1) is 0 Å². The highest BCUT2D eigenvalue weighted by molar-refractivity contribution is 6.13. The number of halogens is 1. The van der Waals surface area contributed by atoms with Crippen molar-refractivity contribution in [2.75, 3.05) is 13.6 Å². The van der Waals surface area contributed by atoms with Crippen molar-refractivity contribution < 1.29 is 9.90 Å². The fourth-order valence-electron chi connectivity index (χ4n) is 0.448. The minimum Gasteiger partial charge on any atom is -0.481 e. The van der Waals surface area contributed by atoms with Gasteiger partial charge in [0.25, 0.3) is 0 Å². The third-order valence-corrected chi connectivity index (χ3v) is 1.03. The maximum Gasteiger partial charge on any atom is 0.303 e. The third-order valence-electron chi connectivity index (χ3n) is 0.857. The molecule has 0 aliphatic carbocycles. The molecule has 0 aromatic carbocycles. The number of rotatable bonds is 4. The Morgan fingerprint density at radius 1 is 1.78 bits per heavy atom. The van der Waals surface area contributed by atoms with E-state index in [1.54, 1.807) is 7.05 Å². The minimum atomic E-state index is -0.770. The van der Waals surface area contributed by atoms with E-state index in [1.807, 2.05) is 0 Å². The Labute approximate surface area is 59.3 Å². The lowest BCUT2D eigenvalue weighted by Crippen LogP contribution is -2.08. The maximum absolute atomic E-state index is 9.92. The molecule has 1 N–H and O–H groups in total. The van der Waals surface area contributed by atoms with Crippen molar-refractivity contribution >= 4 is 17.7 Å². The van der Waals surface area contributed by atoms with Crippen LogP contribution in [0.1, 0.15) is 12.8 Å². The lowest BCUT2D eigenvalue weighted by Gasteiger charge is -2.02. The number of hydrogen-bond acceptors (Lipinski definition) is 2. The van der Waals surface area contributed by atoms with Gasteiger partial charge in [0.1, 0.15) is 0 Å². The monoisotopic (exact) mass is 151 g/mol. The molecule has 0 radical (unpaired) electrons. The number of carboxylic acids is 1. The molecule has 0 atom stereocenters. The number of hydrogen-bond donors (Lipinski definition) is 1. The molecule has 3 nitrogen and oxygen atoms in total. The fraction of sp³-hybridized carbons (Fsp3) is 0.800. The third kappa shape index (κ3) is 7.72. The molecular formula is C5H10ClNO2. The van der Waals surface area contributed by atoms with Crippen molar-refractivity contribution in [1.29, 1.82) is 0 Å². The van der Waals surface area contributed by atoms with Crippen molar-refractivity contribution in [2.45, 2.75) is 12.8 Å². The summed E-state index contributed by atoms with van der Waals surface area (Å²) in [7, 11) is 1.70. The van der Waals surface area contributed by atoms with Crippen LogP contribution in [0.3, 0.4) is 0 Å². The molecule has 0 aromatic heterocycles. The van der Waals surface area contributed by atoms with E-state index >= 15 is 0 Å². The molecule has 0 heterocycles. The van der Waals surface area contributed by atoms with E-state index in [0.29, 0.717) is 13.0 Å². The van der Waals surface area contributed by atoms with E-state index in [-0.39, 0.29) is 6.42 Å². The first-order chi connectivity index (χ1) is 4.13. The first kappa shape index (κ1) is 8.72. The first-order valence-electron chi connectivity index (χ1n) is 2.71. The highest BCUT2D eigenvalue weighted by Crippen LogP contribution is 1.94. The zero-order valence-corrected chi connectivity index (χ0v) is 6.06. The Kier molecular flexibility index (Phi) is 4.44. The summed E-state index contributed by atoms with van der Waals surface area (Å²) in [6, 6.07) is 0. The highest BCUT2D eigenvalue weighted by Gasteiger charge is 1.96. The molecule has 0 saturated heterocycles. The maximum atomic E-state index is 9.92. The molecule has 0 unspecified atom stereocenters. The molecule has 0 bridgehead atoms. The Hall–Kier alpha value is -0.280. The molecule has 4 heteroatoms. The van der Waals surface area contributed by atoms with Crippen LogP contribution in [0.4, 0.5) is 0 Å². The van der Waals surface area contributed by atoms with Gasteiger partial charge in [-0.1, -0.05) is 0 Å². The van der Waals surface area contributed by atoms with Crippen molar-refractivity contribution in [3.05, 3.63) is 0 Å². The van der Waals surface area contributed by atoms with Crippen LogP contribution >= 0.6 is 11.8 Å². The molecule has 0 rings (SSSR count). The summed E-state index contributed by atoms with van der Waals surface area (Å²) in [5.74, 6) is -0.770. The van der Waals surface area contributed by atoms with Crippen LogP contribution in [0.15, 0.2) is 0 Å². The fourth-order valence-corrected chi connectivity index (χ4v) is 0.568. The average molecular weight is 152 g/mol. The van der Waals surface area contributed by atoms with Gasteiger partial charge >= 0.3 is 5.97 Å². The van der Waals surface area contributed by atoms with Crippen LogP contribution in [0.5, 0.6) is 0 Å². The van der Waals surface area contributed by atoms with Crippen LogP contribution in [-0.4, -0.2) is 29.1 Å². The predicted octanol–water partition coefficient (Wildman–Crippen LogP) is 0.937. The Morgan fingerprint density at radius 2 is 2.33 bits per heavy atom. The average Bonchev–Trinajstić information content (AvgIpc) is 1.63. The predicted molar refractivity (Wildman–Crippen MR) is 35.4 cm³/mol. The minimum absolute atomic E-state index is 0.192. The topological polar surface area (TPSA) is 40.5 Å². The summed E-state index contributed by atoms with van der Waals surface area (Å²) in [5, 5.41) is 8.16. The summed E-state index contributed by atoms with van der Waals surface area (Å²) < 4.78 is 1.45. The zero-order valence-electron chi connectivity index (χ0n) is 5.30. The summed E-state index contributed by atoms with van der Waals surface area (Å²) in [6.07, 6.45) is 0.798. The number of carboxylic acid groups (broad SMARTS) is 1. The lowest BCUT2D eigenvalue weighted by atomic mass is 10.3. The van der Waals surface area contributed by atoms with Crippen LogP contribution in [0.2, 0.25) is 0 Å². The van der Waals surface area contributed by atoms with Crippen molar-refractivity contribution in [1.82, 2.24) is 4.42 Å². The SMILES string of the molecule is CN(Cl)CCCC(=O)O. The van der Waals surface area contributed by atoms with Crippen LogP contribution < -0.4 is 0 Å². The van der Waals surface area contributed by atoms with Crippen molar-refractivity contribution in [3.63, 3.8) is 0 Å². The molecule has 0 amide bonds. The highest BCUT2D eigenvalue weighted by atomic mass is 35.5. The molecular weight excluding hydrogens is 142 g/mol. The van der Waals surface area contributed by atoms with Crippen LogP contribution in [0, 0.1) is 0 Å². The van der Waals surface area contributed by atoms with Gasteiger partial charge in [-0.2, -0.15) is 0 Å². The number of aliphatic carboxylic acids is 1. The second-order valence-corrected chi connectivity index (χ2v) is 2.40. The largest absolute Gasteiger partial charge is 0.481 e. The number of carbonyl (C=O) groups is 1. The van der Waals surface area contributed by atoms with E-state index in [1.165, 1.54) is 4.42 Å². The molecule has 0 aromatic rings. The van der Waals surface area contributed by atoms with E-state index in [2.05, 4.69) is 0 Å². The van der Waals surface area contributed by atoms with E-state index < -0.39 is 5.97 Å². The van der Waals surface area contributed by atoms with Gasteiger partial charge in [-0.05, 0) is 18.2 Å². The zero-order chi connectivity index (χ0) is 7.28. The van der Waals surface area contributed by atoms with Gasteiger partial charge in [0.2, 0.25) is 0 Å². The second-order valence-electron chi connectivity index (χ2n) is 1.83. The molecule has 0 aliphatic rings. The van der Waals surface area contributed by atoms with E-state index in [9.17, 15) is 4.79 Å². The number of nitrogens with zero attached hydrogens (tertiary/aromatic N) is 1. The van der Waals surface area contributed by atoms with Crippen molar-refractivity contribution in [2.24, 2.45) is 0 Å². The first-order valence-corrected chi connectivity index (χ1v) is 3.05. The summed E-state index contributed by atoms with van der Waals surface area (Å²) in [6.45, 7) is 0.619. The Bertz CT molecular complexity index is 95.0. The van der Waals surface area contributed by atoms with Gasteiger partial charge in [0, 0.05) is 20.0 Å². The van der Waals surface area contributed by atoms with Crippen molar-refractivity contribution in [3.8, 4) is 0 Å². The normalized spacial score (nSPS) is 10.1. The second kappa shape index (κ2) is 4.58. The van der Waals surface area contributed by atoms with E-state index in [4.69, 9.17) is 16.9 Å².